The number of rotatable bonds is 2. The van der Waals surface area contributed by atoms with Crippen LogP contribution in [-0.2, 0) is 9.59 Å². The largest absolute Gasteiger partial charge is 0.307 e. The van der Waals surface area contributed by atoms with E-state index < -0.39 is 16.2 Å². The number of imidazole rings is 1. The van der Waals surface area contributed by atoms with Crippen molar-refractivity contribution in [2.45, 2.75) is 93.4 Å². The molecule has 0 aromatic carbocycles. The highest BCUT2D eigenvalue weighted by Gasteiger charge is 2.70. The third-order valence-corrected chi connectivity index (χ3v) is 14.0. The summed E-state index contributed by atoms with van der Waals surface area (Å²) < 4.78 is 1.67. The standard InChI is InChI=1S/C39H46N4O3/c1-34(2)14-16-39(33(46)43-22-27(42-23-43)25-11-9-10-18-41-25)17-15-38(7)31(24(39)20-34)28(44)19-30-36(5)21-26(40-8)32(45)35(3,4)29(36)12-13-37(30,38)6/h9-11,18-19,21-24,29,31H,12-17,20H2,1-7H3/t24?,29?,31-,36-,37+,38+,39-/m0/s1. The van der Waals surface area contributed by atoms with E-state index in [2.05, 4.69) is 49.4 Å². The lowest BCUT2D eigenvalue weighted by Gasteiger charge is -2.69. The van der Waals surface area contributed by atoms with Gasteiger partial charge in [-0.05, 0) is 91.2 Å². The third kappa shape index (κ3) is 3.91. The van der Waals surface area contributed by atoms with Gasteiger partial charge in [-0.25, -0.2) is 9.83 Å². The molecule has 7 nitrogen and oxygen atoms in total. The molecular weight excluding hydrogens is 572 g/mol. The zero-order valence-corrected chi connectivity index (χ0v) is 28.3. The fourth-order valence-corrected chi connectivity index (χ4v) is 11.3. The summed E-state index contributed by atoms with van der Waals surface area (Å²) in [6, 6.07) is 5.67. The number of ketones is 2. The van der Waals surface area contributed by atoms with Crippen LogP contribution < -0.4 is 0 Å². The first kappa shape index (κ1) is 31.0. The molecule has 0 saturated heterocycles. The molecule has 0 radical (unpaired) electrons. The van der Waals surface area contributed by atoms with Gasteiger partial charge in [0.25, 0.3) is 0 Å². The second-order valence-electron chi connectivity index (χ2n) is 17.1. The van der Waals surface area contributed by atoms with Crippen LogP contribution in [0.5, 0.6) is 0 Å². The number of aromatic nitrogens is 3. The Morgan fingerprint density at radius 1 is 0.957 bits per heavy atom. The second-order valence-corrected chi connectivity index (χ2v) is 17.1. The van der Waals surface area contributed by atoms with E-state index in [9.17, 15) is 14.4 Å². The smallest absolute Gasteiger partial charge is 0.238 e. The average Bonchev–Trinajstić information content (AvgIpc) is 3.50. The first-order valence-corrected chi connectivity index (χ1v) is 17.0. The number of hydrogen-bond acceptors (Lipinski definition) is 5. The number of allylic oxidation sites excluding steroid dienone is 4. The number of hydrogen-bond donors (Lipinski definition) is 0. The lowest BCUT2D eigenvalue weighted by atomic mass is 9.34. The molecule has 7 rings (SSSR count). The average molecular weight is 619 g/mol. The van der Waals surface area contributed by atoms with Gasteiger partial charge < -0.3 is 4.79 Å². The van der Waals surface area contributed by atoms with E-state index in [0.717, 1.165) is 56.2 Å². The summed E-state index contributed by atoms with van der Waals surface area (Å²) in [5.41, 5.74) is 0.0992. The van der Waals surface area contributed by atoms with Crippen molar-refractivity contribution in [3.63, 3.8) is 0 Å². The van der Waals surface area contributed by atoms with Crippen LogP contribution in [0.1, 0.15) is 98.2 Å². The molecule has 0 spiro atoms. The van der Waals surface area contributed by atoms with Crippen molar-refractivity contribution in [1.82, 2.24) is 14.5 Å². The first-order valence-electron chi connectivity index (χ1n) is 17.0. The van der Waals surface area contributed by atoms with Gasteiger partial charge in [-0.3, -0.25) is 19.1 Å². The minimum Gasteiger partial charge on any atom is -0.307 e. The van der Waals surface area contributed by atoms with E-state index in [-0.39, 0.29) is 57.2 Å². The Morgan fingerprint density at radius 3 is 2.39 bits per heavy atom. The number of carbonyl (C=O) groups is 3. The number of pyridine rings is 1. The third-order valence-electron chi connectivity index (χ3n) is 14.0. The van der Waals surface area contributed by atoms with Crippen LogP contribution in [0, 0.1) is 56.8 Å². The van der Waals surface area contributed by atoms with Crippen LogP contribution in [0.3, 0.4) is 0 Å². The van der Waals surface area contributed by atoms with E-state index in [1.807, 2.05) is 50.4 Å². The quantitative estimate of drug-likeness (QED) is 0.317. The summed E-state index contributed by atoms with van der Waals surface area (Å²) in [4.78, 5) is 55.7. The fraction of sp³-hybridized carbons (Fsp3) is 0.590. The molecule has 3 saturated carbocycles. The Bertz CT molecular complexity index is 1770. The van der Waals surface area contributed by atoms with Gasteiger partial charge in [0.2, 0.25) is 11.6 Å². The minimum atomic E-state index is -0.688. The molecule has 2 heterocycles. The normalized spacial score (nSPS) is 39.0. The van der Waals surface area contributed by atoms with Gasteiger partial charge in [0.1, 0.15) is 12.0 Å². The fourth-order valence-electron chi connectivity index (χ4n) is 11.3. The monoisotopic (exact) mass is 618 g/mol. The van der Waals surface area contributed by atoms with E-state index in [1.165, 1.54) is 0 Å². The molecule has 0 amide bonds. The maximum Gasteiger partial charge on any atom is 0.238 e. The summed E-state index contributed by atoms with van der Waals surface area (Å²) in [5.74, 6) is -0.308. The van der Waals surface area contributed by atoms with E-state index >= 15 is 0 Å². The van der Waals surface area contributed by atoms with Gasteiger partial charge in [0, 0.05) is 29.1 Å². The van der Waals surface area contributed by atoms with Gasteiger partial charge in [0.05, 0.1) is 17.7 Å². The van der Waals surface area contributed by atoms with Gasteiger partial charge in [-0.15, -0.1) is 0 Å². The Morgan fingerprint density at radius 2 is 1.70 bits per heavy atom. The Labute approximate surface area is 272 Å². The zero-order valence-electron chi connectivity index (χ0n) is 28.3. The zero-order chi connectivity index (χ0) is 33.1. The molecular formula is C39H46N4O3. The molecule has 2 aromatic rings. The number of Topliss-reactive ketones (excluding diaryl/α,β-unsaturated/α-hetero) is 1. The van der Waals surface area contributed by atoms with Gasteiger partial charge in [-0.2, -0.15) is 0 Å². The summed E-state index contributed by atoms with van der Waals surface area (Å²) in [6.07, 6.45) is 14.7. The maximum atomic E-state index is 14.8. The van der Waals surface area contributed by atoms with Crippen LogP contribution >= 0.6 is 0 Å². The highest BCUT2D eigenvalue weighted by molar-refractivity contribution is 6.03. The summed E-state index contributed by atoms with van der Waals surface area (Å²) >= 11 is 0. The summed E-state index contributed by atoms with van der Waals surface area (Å²) in [6.45, 7) is 23.2. The molecule has 0 N–H and O–H groups in total. The molecule has 5 aliphatic carbocycles. The lowest BCUT2D eigenvalue weighted by molar-refractivity contribution is -0.164. The number of carbonyl (C=O) groups excluding carboxylic acids is 3. The van der Waals surface area contributed by atoms with Crippen molar-refractivity contribution in [3.05, 3.63) is 71.8 Å². The highest BCUT2D eigenvalue weighted by Crippen LogP contribution is 2.74. The molecule has 3 fully saturated rings. The van der Waals surface area contributed by atoms with Crippen molar-refractivity contribution < 1.29 is 14.4 Å². The molecule has 0 bridgehead atoms. The predicted molar refractivity (Wildman–Crippen MR) is 176 cm³/mol. The number of fused-ring (bicyclic) bond motifs is 7. The van der Waals surface area contributed by atoms with Crippen molar-refractivity contribution in [3.8, 4) is 11.4 Å². The Kier molecular flexibility index (Phi) is 6.52. The Balaban J connectivity index is 1.34. The summed E-state index contributed by atoms with van der Waals surface area (Å²) in [5, 5.41) is 0. The molecule has 0 aliphatic heterocycles. The van der Waals surface area contributed by atoms with Crippen LogP contribution in [0.2, 0.25) is 0 Å². The van der Waals surface area contributed by atoms with E-state index in [1.54, 1.807) is 17.1 Å². The lowest BCUT2D eigenvalue weighted by Crippen LogP contribution is -2.66. The molecule has 46 heavy (non-hydrogen) atoms. The van der Waals surface area contributed by atoms with Crippen LogP contribution in [0.25, 0.3) is 16.2 Å². The molecule has 2 aromatic heterocycles. The molecule has 5 aliphatic rings. The maximum absolute atomic E-state index is 14.8. The molecule has 240 valence electrons. The highest BCUT2D eigenvalue weighted by atomic mass is 16.2. The number of nitrogens with zero attached hydrogens (tertiary/aromatic N) is 4. The van der Waals surface area contributed by atoms with Gasteiger partial charge >= 0.3 is 0 Å². The molecule has 7 atom stereocenters. The van der Waals surface area contributed by atoms with E-state index in [0.29, 0.717) is 5.69 Å². The second kappa shape index (κ2) is 9.69. The van der Waals surface area contributed by atoms with E-state index in [4.69, 9.17) is 6.57 Å². The SMILES string of the molecule is [C-]#[N+]C1=C[C@]2(C)C3=CC(=O)[C@@H]4C5CC(C)(C)CC[C@]5(C(=O)n5cnc(-c6ccccn6)c5)CC[C@@]4(C)[C@]3(C)CCC2C(C)(C)C1=O. The van der Waals surface area contributed by atoms with Crippen molar-refractivity contribution in [2.75, 3.05) is 0 Å². The summed E-state index contributed by atoms with van der Waals surface area (Å²) in [7, 11) is 0. The van der Waals surface area contributed by atoms with Gasteiger partial charge in [-0.1, -0.05) is 66.2 Å². The Hall–Kier alpha value is -3.66. The first-order chi connectivity index (χ1) is 21.5. The van der Waals surface area contributed by atoms with Crippen LogP contribution in [0.15, 0.2) is 60.3 Å². The predicted octanol–water partition coefficient (Wildman–Crippen LogP) is 8.16. The van der Waals surface area contributed by atoms with Crippen LogP contribution in [-0.4, -0.2) is 32.0 Å². The van der Waals surface area contributed by atoms with Crippen molar-refractivity contribution in [2.24, 2.45) is 50.2 Å². The topological polar surface area (TPSA) is 86.3 Å². The molecule has 2 unspecified atom stereocenters. The van der Waals surface area contributed by atoms with Gasteiger partial charge in [0.15, 0.2) is 11.6 Å². The minimum absolute atomic E-state index is 0.0105. The van der Waals surface area contributed by atoms with Crippen molar-refractivity contribution in [1.29, 1.82) is 0 Å². The van der Waals surface area contributed by atoms with Crippen LogP contribution in [0.4, 0.5) is 0 Å². The molecule has 7 heteroatoms. The van der Waals surface area contributed by atoms with Crippen molar-refractivity contribution >= 4 is 17.5 Å².